The predicted molar refractivity (Wildman–Crippen MR) is 86.0 cm³/mol. The van der Waals surface area contributed by atoms with E-state index in [1.165, 1.54) is 12.8 Å². The van der Waals surface area contributed by atoms with Crippen LogP contribution in [0.5, 0.6) is 0 Å². The molecule has 0 spiro atoms. The second-order valence-corrected chi connectivity index (χ2v) is 6.51. The van der Waals surface area contributed by atoms with E-state index in [0.29, 0.717) is 30.5 Å². The van der Waals surface area contributed by atoms with E-state index in [9.17, 15) is 9.59 Å². The first kappa shape index (κ1) is 16.0. The van der Waals surface area contributed by atoms with Gasteiger partial charge in [0.2, 0.25) is 5.91 Å². The van der Waals surface area contributed by atoms with Crippen LogP contribution >= 0.6 is 15.9 Å². The molecule has 1 N–H and O–H groups in total. The van der Waals surface area contributed by atoms with Gasteiger partial charge in [0.05, 0.1) is 0 Å². The summed E-state index contributed by atoms with van der Waals surface area (Å²) >= 11 is 3.33. The molecule has 114 valence electrons. The number of carbonyl (C=O) groups excluding carboxylic acids is 2. The molecule has 1 aliphatic carbocycles. The summed E-state index contributed by atoms with van der Waals surface area (Å²) in [7, 11) is 1.85. The van der Waals surface area contributed by atoms with Gasteiger partial charge in [-0.1, -0.05) is 15.9 Å². The highest BCUT2D eigenvalue weighted by molar-refractivity contribution is 9.10. The van der Waals surface area contributed by atoms with Gasteiger partial charge in [-0.2, -0.15) is 0 Å². The fraction of sp³-hybridized carbons (Fsp3) is 0.500. The highest BCUT2D eigenvalue weighted by atomic mass is 79.9. The van der Waals surface area contributed by atoms with Gasteiger partial charge in [0.25, 0.3) is 5.91 Å². The Morgan fingerprint density at radius 3 is 2.52 bits per heavy atom. The van der Waals surface area contributed by atoms with Gasteiger partial charge in [0, 0.05) is 36.1 Å². The number of rotatable bonds is 6. The van der Waals surface area contributed by atoms with Crippen molar-refractivity contribution >= 4 is 27.7 Å². The van der Waals surface area contributed by atoms with Crippen LogP contribution in [0, 0.1) is 5.92 Å². The predicted octanol–water partition coefficient (Wildman–Crippen LogP) is 2.83. The smallest absolute Gasteiger partial charge is 0.251 e. The Kier molecular flexibility index (Phi) is 5.39. The van der Waals surface area contributed by atoms with Crippen LogP contribution in [0.1, 0.15) is 36.5 Å². The summed E-state index contributed by atoms with van der Waals surface area (Å²) in [6, 6.07) is 7.46. The molecule has 0 bridgehead atoms. The molecule has 0 heterocycles. The van der Waals surface area contributed by atoms with Crippen molar-refractivity contribution in [1.82, 2.24) is 10.2 Å². The fourth-order valence-electron chi connectivity index (χ4n) is 2.28. The van der Waals surface area contributed by atoms with Crippen LogP contribution < -0.4 is 5.32 Å². The topological polar surface area (TPSA) is 49.4 Å². The Bertz CT molecular complexity index is 512. The summed E-state index contributed by atoms with van der Waals surface area (Å²) in [5.74, 6) is 0.606. The minimum atomic E-state index is -0.145. The number of amides is 2. The Balaban J connectivity index is 1.74. The maximum atomic E-state index is 12.0. The third-order valence-electron chi connectivity index (χ3n) is 4.04. The van der Waals surface area contributed by atoms with Crippen LogP contribution in [0.15, 0.2) is 28.7 Å². The standard InChI is InChI=1S/C16H21BrN2O2/c1-11(12-3-4-12)19(2)15(20)9-10-18-16(21)13-5-7-14(17)8-6-13/h5-8,11-12H,3-4,9-10H2,1-2H3,(H,18,21). The Morgan fingerprint density at radius 2 is 1.95 bits per heavy atom. The van der Waals surface area contributed by atoms with Crippen LogP contribution in [-0.2, 0) is 4.79 Å². The summed E-state index contributed by atoms with van der Waals surface area (Å²) in [6.45, 7) is 2.46. The summed E-state index contributed by atoms with van der Waals surface area (Å²) in [6.07, 6.45) is 2.79. The monoisotopic (exact) mass is 352 g/mol. The van der Waals surface area contributed by atoms with Crippen molar-refractivity contribution in [3.8, 4) is 0 Å². The van der Waals surface area contributed by atoms with Crippen molar-refractivity contribution in [1.29, 1.82) is 0 Å². The van der Waals surface area contributed by atoms with E-state index in [1.54, 1.807) is 12.1 Å². The molecule has 1 aliphatic rings. The maximum absolute atomic E-state index is 12.0. The molecule has 4 nitrogen and oxygen atoms in total. The zero-order valence-corrected chi connectivity index (χ0v) is 14.0. The molecule has 0 aromatic heterocycles. The van der Waals surface area contributed by atoms with Gasteiger partial charge in [0.1, 0.15) is 0 Å². The van der Waals surface area contributed by atoms with E-state index in [-0.39, 0.29) is 11.8 Å². The van der Waals surface area contributed by atoms with Crippen molar-refractivity contribution in [2.45, 2.75) is 32.2 Å². The molecule has 0 saturated heterocycles. The van der Waals surface area contributed by atoms with Crippen molar-refractivity contribution in [2.24, 2.45) is 5.92 Å². The van der Waals surface area contributed by atoms with Gasteiger partial charge in [-0.3, -0.25) is 9.59 Å². The molecule has 5 heteroatoms. The number of nitrogens with zero attached hydrogens (tertiary/aromatic N) is 1. The zero-order valence-electron chi connectivity index (χ0n) is 12.4. The van der Waals surface area contributed by atoms with Crippen molar-refractivity contribution in [2.75, 3.05) is 13.6 Å². The summed E-state index contributed by atoms with van der Waals surface area (Å²) in [5, 5.41) is 2.79. The molecular formula is C16H21BrN2O2. The van der Waals surface area contributed by atoms with Crippen LogP contribution in [0.25, 0.3) is 0 Å². The van der Waals surface area contributed by atoms with E-state index in [2.05, 4.69) is 28.2 Å². The molecular weight excluding hydrogens is 332 g/mol. The number of hydrogen-bond acceptors (Lipinski definition) is 2. The third kappa shape index (κ3) is 4.56. The summed E-state index contributed by atoms with van der Waals surface area (Å²) in [5.41, 5.74) is 0.602. The van der Waals surface area contributed by atoms with Crippen LogP contribution in [0.3, 0.4) is 0 Å². The van der Waals surface area contributed by atoms with Gasteiger partial charge in [-0.15, -0.1) is 0 Å². The van der Waals surface area contributed by atoms with E-state index in [4.69, 9.17) is 0 Å². The maximum Gasteiger partial charge on any atom is 0.251 e. The van der Waals surface area contributed by atoms with E-state index in [0.717, 1.165) is 4.47 Å². The van der Waals surface area contributed by atoms with E-state index >= 15 is 0 Å². The second kappa shape index (κ2) is 7.07. The zero-order chi connectivity index (χ0) is 15.4. The highest BCUT2D eigenvalue weighted by Gasteiger charge is 2.32. The fourth-order valence-corrected chi connectivity index (χ4v) is 2.55. The van der Waals surface area contributed by atoms with E-state index in [1.807, 2.05) is 24.1 Å². The first-order valence-electron chi connectivity index (χ1n) is 7.28. The molecule has 1 fully saturated rings. The molecule has 0 radical (unpaired) electrons. The van der Waals surface area contributed by atoms with Crippen LogP contribution in [0.2, 0.25) is 0 Å². The molecule has 2 amide bonds. The normalized spacial score (nSPS) is 15.4. The quantitative estimate of drug-likeness (QED) is 0.855. The number of nitrogens with one attached hydrogen (secondary N) is 1. The lowest BCUT2D eigenvalue weighted by Gasteiger charge is -2.25. The molecule has 21 heavy (non-hydrogen) atoms. The number of carbonyl (C=O) groups is 2. The van der Waals surface area contributed by atoms with Crippen molar-refractivity contribution in [3.63, 3.8) is 0 Å². The van der Waals surface area contributed by atoms with Gasteiger partial charge in [-0.05, 0) is 49.9 Å². The van der Waals surface area contributed by atoms with Crippen LogP contribution in [-0.4, -0.2) is 36.3 Å². The second-order valence-electron chi connectivity index (χ2n) is 5.60. The Hall–Kier alpha value is -1.36. The molecule has 1 aromatic carbocycles. The molecule has 1 unspecified atom stereocenters. The van der Waals surface area contributed by atoms with Gasteiger partial charge in [0.15, 0.2) is 0 Å². The summed E-state index contributed by atoms with van der Waals surface area (Å²) < 4.78 is 0.935. The minimum absolute atomic E-state index is 0.0884. The average Bonchev–Trinajstić information content (AvgIpc) is 3.30. The van der Waals surface area contributed by atoms with Gasteiger partial charge >= 0.3 is 0 Å². The van der Waals surface area contributed by atoms with Crippen molar-refractivity contribution in [3.05, 3.63) is 34.3 Å². The first-order valence-corrected chi connectivity index (χ1v) is 8.07. The van der Waals surface area contributed by atoms with E-state index < -0.39 is 0 Å². The highest BCUT2D eigenvalue weighted by Crippen LogP contribution is 2.34. The lowest BCUT2D eigenvalue weighted by molar-refractivity contribution is -0.131. The summed E-state index contributed by atoms with van der Waals surface area (Å²) in [4.78, 5) is 25.8. The lowest BCUT2D eigenvalue weighted by Crippen LogP contribution is -2.38. The molecule has 2 rings (SSSR count). The molecule has 1 saturated carbocycles. The minimum Gasteiger partial charge on any atom is -0.352 e. The number of hydrogen-bond donors (Lipinski definition) is 1. The lowest BCUT2D eigenvalue weighted by atomic mass is 10.2. The first-order chi connectivity index (χ1) is 9.99. The Morgan fingerprint density at radius 1 is 1.33 bits per heavy atom. The van der Waals surface area contributed by atoms with Gasteiger partial charge in [-0.25, -0.2) is 0 Å². The molecule has 1 aromatic rings. The largest absolute Gasteiger partial charge is 0.352 e. The third-order valence-corrected chi connectivity index (χ3v) is 4.57. The average molecular weight is 353 g/mol. The van der Waals surface area contributed by atoms with Crippen molar-refractivity contribution < 1.29 is 9.59 Å². The number of halogens is 1. The SMILES string of the molecule is CC(C1CC1)N(C)C(=O)CCNC(=O)c1ccc(Br)cc1. The molecule has 0 aliphatic heterocycles. The Labute approximate surface area is 134 Å². The number of benzene rings is 1. The van der Waals surface area contributed by atoms with Crippen LogP contribution in [0.4, 0.5) is 0 Å². The molecule has 1 atom stereocenters. The van der Waals surface area contributed by atoms with Gasteiger partial charge < -0.3 is 10.2 Å².